The summed E-state index contributed by atoms with van der Waals surface area (Å²) in [4.78, 5) is 15.5. The first-order chi connectivity index (χ1) is 9.51. The Morgan fingerprint density at radius 1 is 1.20 bits per heavy atom. The maximum Gasteiger partial charge on any atom is 0.254 e. The number of hydrogen-bond acceptors (Lipinski definition) is 2. The molecule has 0 bridgehead atoms. The molecule has 0 aliphatic carbocycles. The summed E-state index contributed by atoms with van der Waals surface area (Å²) in [5.74, 6) is 0.0696. The molecule has 1 aromatic heterocycles. The molecule has 2 aromatic rings. The molecular formula is C16H18ClNOS. The Bertz CT molecular complexity index is 621. The summed E-state index contributed by atoms with van der Waals surface area (Å²) in [6.07, 6.45) is 0. The van der Waals surface area contributed by atoms with E-state index in [-0.39, 0.29) is 5.91 Å². The van der Waals surface area contributed by atoms with Crippen LogP contribution in [0.25, 0.3) is 0 Å². The van der Waals surface area contributed by atoms with E-state index in [1.54, 1.807) is 0 Å². The van der Waals surface area contributed by atoms with Gasteiger partial charge in [-0.2, -0.15) is 0 Å². The summed E-state index contributed by atoms with van der Waals surface area (Å²) in [6, 6.07) is 9.70. The van der Waals surface area contributed by atoms with Gasteiger partial charge in [0.15, 0.2) is 0 Å². The molecular weight excluding hydrogens is 290 g/mol. The Morgan fingerprint density at radius 2 is 1.95 bits per heavy atom. The molecule has 0 radical (unpaired) electrons. The lowest BCUT2D eigenvalue weighted by Crippen LogP contribution is -2.30. The second kappa shape index (κ2) is 6.42. The van der Waals surface area contributed by atoms with Crippen LogP contribution in [-0.4, -0.2) is 17.4 Å². The summed E-state index contributed by atoms with van der Waals surface area (Å²) in [6.45, 7) is 7.37. The van der Waals surface area contributed by atoms with E-state index in [9.17, 15) is 4.79 Å². The van der Waals surface area contributed by atoms with E-state index in [0.717, 1.165) is 20.3 Å². The van der Waals surface area contributed by atoms with Crippen LogP contribution in [0.4, 0.5) is 0 Å². The van der Waals surface area contributed by atoms with Crippen LogP contribution in [0.3, 0.4) is 0 Å². The molecule has 106 valence electrons. The van der Waals surface area contributed by atoms with E-state index >= 15 is 0 Å². The number of halogens is 1. The first kappa shape index (κ1) is 15.1. The van der Waals surface area contributed by atoms with Crippen LogP contribution >= 0.6 is 22.9 Å². The van der Waals surface area contributed by atoms with Crippen molar-refractivity contribution < 1.29 is 4.79 Å². The minimum Gasteiger partial charge on any atom is -0.334 e. The van der Waals surface area contributed by atoms with E-state index in [2.05, 4.69) is 6.92 Å². The van der Waals surface area contributed by atoms with Crippen molar-refractivity contribution in [2.45, 2.75) is 27.3 Å². The smallest absolute Gasteiger partial charge is 0.254 e. The van der Waals surface area contributed by atoms with Gasteiger partial charge in [-0.15, -0.1) is 11.3 Å². The number of nitrogens with zero attached hydrogens (tertiary/aromatic N) is 1. The van der Waals surface area contributed by atoms with E-state index in [1.165, 1.54) is 16.9 Å². The van der Waals surface area contributed by atoms with Gasteiger partial charge in [-0.3, -0.25) is 4.79 Å². The topological polar surface area (TPSA) is 20.3 Å². The maximum absolute atomic E-state index is 12.5. The fourth-order valence-corrected chi connectivity index (χ4v) is 3.11. The average Bonchev–Trinajstić information content (AvgIpc) is 2.84. The van der Waals surface area contributed by atoms with Crippen LogP contribution in [0, 0.1) is 13.8 Å². The molecule has 20 heavy (non-hydrogen) atoms. The molecule has 0 aliphatic heterocycles. The number of amides is 1. The highest BCUT2D eigenvalue weighted by molar-refractivity contribution is 7.16. The Labute approximate surface area is 129 Å². The number of carbonyl (C=O) groups is 1. The van der Waals surface area contributed by atoms with Gasteiger partial charge >= 0.3 is 0 Å². The Kier molecular flexibility index (Phi) is 4.84. The van der Waals surface area contributed by atoms with Gasteiger partial charge in [0.05, 0.1) is 10.9 Å². The van der Waals surface area contributed by atoms with Gasteiger partial charge in [-0.25, -0.2) is 0 Å². The monoisotopic (exact) mass is 307 g/mol. The molecule has 2 rings (SSSR count). The highest BCUT2D eigenvalue weighted by atomic mass is 35.5. The Hall–Kier alpha value is -1.32. The third-order valence-electron chi connectivity index (χ3n) is 3.40. The molecule has 0 spiro atoms. The van der Waals surface area contributed by atoms with Gasteiger partial charge in [-0.05, 0) is 56.2 Å². The lowest BCUT2D eigenvalue weighted by molar-refractivity contribution is 0.0754. The van der Waals surface area contributed by atoms with Gasteiger partial charge in [-0.1, -0.05) is 17.7 Å². The Morgan fingerprint density at radius 3 is 2.50 bits per heavy atom. The molecule has 2 nitrogen and oxygen atoms in total. The number of aryl methyl sites for hydroxylation is 2. The van der Waals surface area contributed by atoms with E-state index < -0.39 is 0 Å². The van der Waals surface area contributed by atoms with Crippen LogP contribution in [0.15, 0.2) is 30.3 Å². The second-order valence-corrected chi connectivity index (χ2v) is 6.62. The molecule has 1 heterocycles. The quantitative estimate of drug-likeness (QED) is 0.803. The molecule has 0 aliphatic rings. The first-order valence-electron chi connectivity index (χ1n) is 6.62. The van der Waals surface area contributed by atoms with Gasteiger partial charge in [0.2, 0.25) is 0 Å². The molecule has 0 atom stereocenters. The zero-order chi connectivity index (χ0) is 14.7. The molecule has 0 saturated carbocycles. The fourth-order valence-electron chi connectivity index (χ4n) is 2.01. The summed E-state index contributed by atoms with van der Waals surface area (Å²) < 4.78 is 0.759. The zero-order valence-corrected chi connectivity index (χ0v) is 13.5. The first-order valence-corrected chi connectivity index (χ1v) is 7.81. The van der Waals surface area contributed by atoms with Crippen LogP contribution in [-0.2, 0) is 6.54 Å². The van der Waals surface area contributed by atoms with Crippen LogP contribution in [0.2, 0.25) is 4.34 Å². The summed E-state index contributed by atoms with van der Waals surface area (Å²) in [5.41, 5.74) is 3.10. The third-order valence-corrected chi connectivity index (χ3v) is 4.61. The highest BCUT2D eigenvalue weighted by Crippen LogP contribution is 2.23. The second-order valence-electron chi connectivity index (χ2n) is 4.82. The molecule has 0 saturated heterocycles. The Balaban J connectivity index is 2.18. The van der Waals surface area contributed by atoms with Gasteiger partial charge in [0.1, 0.15) is 0 Å². The highest BCUT2D eigenvalue weighted by Gasteiger charge is 2.15. The van der Waals surface area contributed by atoms with Crippen molar-refractivity contribution in [3.05, 3.63) is 56.2 Å². The van der Waals surface area contributed by atoms with Crippen LogP contribution in [0.5, 0.6) is 0 Å². The molecule has 1 aromatic carbocycles. The molecule has 0 unspecified atom stereocenters. The maximum atomic E-state index is 12.5. The minimum absolute atomic E-state index is 0.0696. The van der Waals surface area contributed by atoms with E-state index in [1.807, 2.05) is 49.1 Å². The van der Waals surface area contributed by atoms with Gasteiger partial charge in [0, 0.05) is 17.0 Å². The predicted molar refractivity (Wildman–Crippen MR) is 85.7 cm³/mol. The number of benzene rings is 1. The molecule has 1 amide bonds. The summed E-state index contributed by atoms with van der Waals surface area (Å²) in [7, 11) is 0. The van der Waals surface area contributed by atoms with Crippen molar-refractivity contribution in [1.82, 2.24) is 4.90 Å². The number of carbonyl (C=O) groups excluding carboxylic acids is 1. The van der Waals surface area contributed by atoms with Crippen molar-refractivity contribution in [2.24, 2.45) is 0 Å². The lowest BCUT2D eigenvalue weighted by Gasteiger charge is -2.20. The van der Waals surface area contributed by atoms with Crippen molar-refractivity contribution in [2.75, 3.05) is 6.54 Å². The van der Waals surface area contributed by atoms with Crippen molar-refractivity contribution in [3.8, 4) is 0 Å². The minimum atomic E-state index is 0.0696. The van der Waals surface area contributed by atoms with E-state index in [4.69, 9.17) is 11.6 Å². The predicted octanol–water partition coefficient (Wildman–Crippen LogP) is 4.68. The molecule has 4 heteroatoms. The van der Waals surface area contributed by atoms with Crippen molar-refractivity contribution >= 4 is 28.8 Å². The number of hydrogen-bond donors (Lipinski definition) is 0. The lowest BCUT2D eigenvalue weighted by atomic mass is 10.1. The molecule has 0 fully saturated rings. The van der Waals surface area contributed by atoms with Gasteiger partial charge < -0.3 is 4.90 Å². The number of thiophene rings is 1. The third kappa shape index (κ3) is 3.41. The zero-order valence-electron chi connectivity index (χ0n) is 11.9. The van der Waals surface area contributed by atoms with Crippen molar-refractivity contribution in [1.29, 1.82) is 0 Å². The number of rotatable bonds is 4. The van der Waals surface area contributed by atoms with Gasteiger partial charge in [0.25, 0.3) is 5.91 Å². The summed E-state index contributed by atoms with van der Waals surface area (Å²) >= 11 is 7.46. The standard InChI is InChI=1S/C16H18ClNOS/c1-4-18(10-14-7-8-15(17)20-14)16(19)13-6-5-11(2)12(3)9-13/h5-9H,4,10H2,1-3H3. The molecule has 0 N–H and O–H groups in total. The van der Waals surface area contributed by atoms with Crippen molar-refractivity contribution in [3.63, 3.8) is 0 Å². The SMILES string of the molecule is CCN(Cc1ccc(Cl)s1)C(=O)c1ccc(C)c(C)c1. The largest absolute Gasteiger partial charge is 0.334 e. The average molecular weight is 308 g/mol. The summed E-state index contributed by atoms with van der Waals surface area (Å²) in [5, 5.41) is 0. The van der Waals surface area contributed by atoms with Crippen LogP contribution in [0.1, 0.15) is 33.3 Å². The fraction of sp³-hybridized carbons (Fsp3) is 0.312. The van der Waals surface area contributed by atoms with Crippen LogP contribution < -0.4 is 0 Å². The normalized spacial score (nSPS) is 10.6. The van der Waals surface area contributed by atoms with E-state index in [0.29, 0.717) is 13.1 Å².